The molecule has 22 nitrogen and oxygen atoms in total. The number of benzene rings is 1. The number of carbonyl (C=O) groups excluding carboxylic acids is 11. The minimum atomic E-state index is -4.75. The lowest BCUT2D eigenvalue weighted by Crippen LogP contribution is -2.64. The number of hydrogen-bond acceptors (Lipinski definition) is 11. The van der Waals surface area contributed by atoms with Gasteiger partial charge in [-0.2, -0.15) is 13.2 Å². The Morgan fingerprint density at radius 1 is 0.703 bits per heavy atom. The van der Waals surface area contributed by atoms with Crippen LogP contribution in [0.2, 0.25) is 5.02 Å². The maximum absolute atomic E-state index is 15.0. The van der Waals surface area contributed by atoms with Crippen LogP contribution in [0.3, 0.4) is 0 Å². The van der Waals surface area contributed by atoms with Crippen LogP contribution in [0, 0.1) is 23.7 Å². The Kier molecular flexibility index (Phi) is 28.4. The first-order chi connectivity index (χ1) is 42.4. The largest absolute Gasteiger partial charge is 0.417 e. The lowest BCUT2D eigenvalue weighted by molar-refractivity contribution is -0.152. The van der Waals surface area contributed by atoms with Crippen LogP contribution in [0.15, 0.2) is 30.9 Å². The first kappa shape index (κ1) is 76.7. The van der Waals surface area contributed by atoms with Gasteiger partial charge in [-0.05, 0) is 100 Å². The molecule has 3 aliphatic rings. The van der Waals surface area contributed by atoms with Gasteiger partial charge in [0.25, 0.3) is 0 Å². The van der Waals surface area contributed by atoms with Crippen LogP contribution in [-0.4, -0.2) is 228 Å². The second kappa shape index (κ2) is 33.7. The molecule has 1 aliphatic carbocycles. The molecule has 11 amide bonds. The van der Waals surface area contributed by atoms with Crippen LogP contribution in [0.5, 0.6) is 0 Å². The van der Waals surface area contributed by atoms with E-state index in [1.54, 1.807) is 27.7 Å². The molecule has 2 aliphatic heterocycles. The van der Waals surface area contributed by atoms with Crippen molar-refractivity contribution in [2.24, 2.45) is 23.7 Å². The van der Waals surface area contributed by atoms with E-state index in [2.05, 4.69) is 22.5 Å². The van der Waals surface area contributed by atoms with Gasteiger partial charge < -0.3 is 55.1 Å². The number of hydrogen-bond donors (Lipinski definition) is 3. The second-order valence-electron chi connectivity index (χ2n) is 26.5. The minimum absolute atomic E-state index is 0.0235. The molecule has 0 unspecified atom stereocenters. The highest BCUT2D eigenvalue weighted by Gasteiger charge is 2.46. The molecule has 9 atom stereocenters. The van der Waals surface area contributed by atoms with Gasteiger partial charge in [-0.1, -0.05) is 104 Å². The molecule has 1 aromatic rings. The van der Waals surface area contributed by atoms with Crippen molar-refractivity contribution < 1.29 is 65.9 Å². The van der Waals surface area contributed by atoms with Gasteiger partial charge in [0.15, 0.2) is 0 Å². The summed E-state index contributed by atoms with van der Waals surface area (Å²) in [6.45, 7) is 16.2. The van der Waals surface area contributed by atoms with Crippen molar-refractivity contribution >= 4 is 76.6 Å². The Balaban J connectivity index is 1.83. The molecule has 0 spiro atoms. The highest BCUT2D eigenvalue weighted by Crippen LogP contribution is 2.36. The Bertz CT molecular complexity index is 2800. The number of aryl methyl sites for hydroxylation is 1. The summed E-state index contributed by atoms with van der Waals surface area (Å²) in [5.41, 5.74) is -2.54. The summed E-state index contributed by atoms with van der Waals surface area (Å²) < 4.78 is 41.3. The smallest absolute Gasteiger partial charge is 0.343 e. The van der Waals surface area contributed by atoms with Gasteiger partial charge in [-0.3, -0.25) is 52.7 Å². The summed E-state index contributed by atoms with van der Waals surface area (Å²) in [4.78, 5) is 170. The summed E-state index contributed by atoms with van der Waals surface area (Å²) in [6.07, 6.45) is 1.64. The fraction of sp³-hybridized carbons (Fsp3) is 0.708. The molecule has 26 heteroatoms. The number of likely N-dealkylation sites (N-methyl/N-ethyl adjacent to an activating group) is 7. The zero-order valence-electron chi connectivity index (χ0n) is 56.2. The van der Waals surface area contributed by atoms with E-state index in [4.69, 9.17) is 11.6 Å². The number of amides is 11. The summed E-state index contributed by atoms with van der Waals surface area (Å²) in [6, 6.07) is -4.78. The highest BCUT2D eigenvalue weighted by atomic mass is 35.5. The Hall–Kier alpha value is -6.79. The summed E-state index contributed by atoms with van der Waals surface area (Å²) in [5.74, 6) is -8.16. The van der Waals surface area contributed by atoms with Gasteiger partial charge in [-0.25, -0.2) is 0 Å². The zero-order valence-corrected chi connectivity index (χ0v) is 56.9. The number of fused-ring (bicyclic) bond motifs is 1. The standard InChI is InChI=1S/C65H101ClF3N11O11/c1-17-30-64(9)63(91)79(16)56(40(5)6)62(90)76(13)42(8)33-52(82)77(14)49(32-39(3)4)57(85)71-55(41(7)18-2)61(89)75(12)37-53(83)73(10)38-54(84)78(15)50(35-43-23-20-19-21-24-43)60(88)74(11)36-51(81)70-47(59(87)80-31-22-25-48(80)58(86)72-64)29-27-44-26-28-45(46(66)34-44)65(67,68)69/h17,26,28,34,39-43,47-50,55-56H,1,18-25,27,29-33,35-38H2,2-16H3,(H,70,81)(H,71,85)(H,72,86)/t41-,42+,47-,48-,49-,50-,55-,56-,64-/m0/s1. The maximum atomic E-state index is 15.0. The normalized spacial score (nSPS) is 26.6. The van der Waals surface area contributed by atoms with Crippen molar-refractivity contribution in [2.75, 3.05) is 75.5 Å². The fourth-order valence-corrected chi connectivity index (χ4v) is 12.7. The fourth-order valence-electron chi connectivity index (χ4n) is 12.4. The lowest BCUT2D eigenvalue weighted by Gasteiger charge is -2.40. The van der Waals surface area contributed by atoms with Crippen molar-refractivity contribution in [3.05, 3.63) is 47.0 Å². The summed E-state index contributed by atoms with van der Waals surface area (Å²) in [7, 11) is 9.97. The average Bonchev–Trinajstić information content (AvgIpc) is 1.97. The first-order valence-electron chi connectivity index (χ1n) is 31.9. The Labute approximate surface area is 541 Å². The third-order valence-corrected chi connectivity index (χ3v) is 18.7. The van der Waals surface area contributed by atoms with Gasteiger partial charge in [-0.15, -0.1) is 6.58 Å². The number of nitrogens with one attached hydrogen (secondary N) is 3. The number of alkyl halides is 3. The molecule has 0 radical (unpaired) electrons. The van der Waals surface area contributed by atoms with Crippen LogP contribution in [0.25, 0.3) is 0 Å². The maximum Gasteiger partial charge on any atom is 0.417 e. The van der Waals surface area contributed by atoms with Crippen LogP contribution in [0.4, 0.5) is 13.2 Å². The van der Waals surface area contributed by atoms with E-state index >= 15 is 0 Å². The van der Waals surface area contributed by atoms with E-state index in [0.717, 1.165) is 58.9 Å². The van der Waals surface area contributed by atoms with Crippen molar-refractivity contribution in [1.29, 1.82) is 0 Å². The molecule has 0 bridgehead atoms. The van der Waals surface area contributed by atoms with Crippen molar-refractivity contribution in [2.45, 2.75) is 199 Å². The number of carbonyl (C=O) groups is 11. The highest BCUT2D eigenvalue weighted by molar-refractivity contribution is 6.31. The van der Waals surface area contributed by atoms with Crippen molar-refractivity contribution in [3.63, 3.8) is 0 Å². The van der Waals surface area contributed by atoms with Crippen LogP contribution in [0.1, 0.15) is 150 Å². The molecule has 4 rings (SSSR count). The molecular weight excluding hydrogens is 1200 g/mol. The third kappa shape index (κ3) is 20.4. The molecule has 510 valence electrons. The predicted octanol–water partition coefficient (Wildman–Crippen LogP) is 5.53. The lowest BCUT2D eigenvalue weighted by atomic mass is 9.84. The van der Waals surface area contributed by atoms with Gasteiger partial charge in [0, 0.05) is 68.3 Å². The van der Waals surface area contributed by atoms with Gasteiger partial charge in [0.2, 0.25) is 65.0 Å². The third-order valence-electron chi connectivity index (χ3n) is 18.4. The molecule has 3 fully saturated rings. The molecular formula is C65H101ClF3N11O11. The van der Waals surface area contributed by atoms with E-state index in [1.165, 1.54) is 92.9 Å². The summed E-state index contributed by atoms with van der Waals surface area (Å²) in [5, 5.41) is 7.88. The first-order valence-corrected chi connectivity index (χ1v) is 32.3. The monoisotopic (exact) mass is 1300 g/mol. The Morgan fingerprint density at radius 3 is 1.88 bits per heavy atom. The van der Waals surface area contributed by atoms with E-state index in [1.807, 2.05) is 20.8 Å². The minimum Gasteiger partial charge on any atom is -0.343 e. The van der Waals surface area contributed by atoms with E-state index in [0.29, 0.717) is 18.4 Å². The van der Waals surface area contributed by atoms with Gasteiger partial charge in [0.1, 0.15) is 41.8 Å². The quantitative estimate of drug-likeness (QED) is 0.220. The predicted molar refractivity (Wildman–Crippen MR) is 339 cm³/mol. The van der Waals surface area contributed by atoms with E-state index in [-0.39, 0.29) is 63.3 Å². The Morgan fingerprint density at radius 2 is 1.31 bits per heavy atom. The molecule has 1 saturated carbocycles. The van der Waals surface area contributed by atoms with Crippen molar-refractivity contribution in [1.82, 2.24) is 55.1 Å². The molecule has 1 aromatic carbocycles. The van der Waals surface area contributed by atoms with Gasteiger partial charge >= 0.3 is 6.18 Å². The van der Waals surface area contributed by atoms with Crippen LogP contribution < -0.4 is 16.0 Å². The molecule has 2 saturated heterocycles. The zero-order chi connectivity index (χ0) is 68.7. The molecule has 3 N–H and O–H groups in total. The topological polar surface area (TPSA) is 250 Å². The van der Waals surface area contributed by atoms with Gasteiger partial charge in [0.05, 0.1) is 30.2 Å². The average molecular weight is 1310 g/mol. The van der Waals surface area contributed by atoms with Crippen molar-refractivity contribution in [3.8, 4) is 0 Å². The SMILES string of the molecule is C=CC[C@]1(C)NC(=O)[C@@H]2CCCN2C(=O)[C@H](CCc2ccc(C(F)(F)F)c(Cl)c2)NC(=O)CN(C)C(=O)[C@H](CC2CCCCC2)N(C)C(=O)CN(C)C(=O)CN(C)C(=O)[C@H]([C@@H](C)CC)NC(=O)[C@H](CC(C)C)N(C)C(=O)C[C@@H](C)N(C)C(=O)[C@H](C(C)C)N(C)C1=O. The molecule has 91 heavy (non-hydrogen) atoms. The summed E-state index contributed by atoms with van der Waals surface area (Å²) >= 11 is 6.10. The molecule has 2 heterocycles. The number of halogens is 4. The van der Waals surface area contributed by atoms with E-state index < -0.39 is 161 Å². The second-order valence-corrected chi connectivity index (χ2v) is 26.9. The van der Waals surface area contributed by atoms with Crippen LogP contribution >= 0.6 is 11.6 Å². The van der Waals surface area contributed by atoms with E-state index in [9.17, 15) is 65.9 Å². The molecule has 0 aromatic heterocycles. The number of rotatable bonds is 12. The number of nitrogens with zero attached hydrogens (tertiary/aromatic N) is 8. The van der Waals surface area contributed by atoms with Crippen LogP contribution in [-0.2, 0) is 65.3 Å².